The molecule has 2 amide bonds. The number of benzene rings is 4. The third-order valence-corrected chi connectivity index (χ3v) is 13.2. The Balaban J connectivity index is 1.29. The normalized spacial score (nSPS) is 18.8. The minimum Gasteiger partial charge on any atom is -0.480 e. The molecule has 4 aliphatic rings. The van der Waals surface area contributed by atoms with Gasteiger partial charge < -0.3 is 29.8 Å². The van der Waals surface area contributed by atoms with Gasteiger partial charge in [-0.15, -0.1) is 0 Å². The first kappa shape index (κ1) is 47.2. The molecule has 352 valence electrons. The monoisotopic (exact) mass is 952 g/mol. The Morgan fingerprint density at radius 2 is 1.01 bits per heavy atom. The van der Waals surface area contributed by atoms with Crippen molar-refractivity contribution in [3.63, 3.8) is 0 Å². The van der Waals surface area contributed by atoms with Crippen LogP contribution in [0.3, 0.4) is 0 Å². The molecule has 0 saturated carbocycles. The highest BCUT2D eigenvalue weighted by Gasteiger charge is 2.42. The van der Waals surface area contributed by atoms with Crippen LogP contribution in [0.2, 0.25) is 0 Å². The van der Waals surface area contributed by atoms with Gasteiger partial charge in [0.25, 0.3) is 0 Å². The molecule has 2 atom stereocenters. The summed E-state index contributed by atoms with van der Waals surface area (Å²) in [4.78, 5) is 72.4. The van der Waals surface area contributed by atoms with Gasteiger partial charge in [-0.25, -0.2) is 9.59 Å². The molecule has 0 aromatic heterocycles. The Hall–Kier alpha value is -6.31. The predicted octanol–water partition coefficient (Wildman–Crippen LogP) is 9.90. The summed E-state index contributed by atoms with van der Waals surface area (Å²) in [7, 11) is 0. The van der Waals surface area contributed by atoms with Gasteiger partial charge in [0.2, 0.25) is 11.8 Å². The van der Waals surface area contributed by atoms with Crippen LogP contribution in [0.5, 0.6) is 11.5 Å². The third kappa shape index (κ3) is 10.2. The van der Waals surface area contributed by atoms with Gasteiger partial charge in [0.1, 0.15) is 12.1 Å². The summed E-state index contributed by atoms with van der Waals surface area (Å²) in [5, 5.41) is 19.5. The quantitative estimate of drug-likeness (QED) is 0.0888. The second-order valence-electron chi connectivity index (χ2n) is 16.3. The predicted molar refractivity (Wildman–Crippen MR) is 230 cm³/mol. The van der Waals surface area contributed by atoms with Crippen LogP contribution in [0.4, 0.5) is 26.3 Å². The lowest BCUT2D eigenvalue weighted by molar-refractivity contribution is -0.215. The van der Waals surface area contributed by atoms with E-state index in [9.17, 15) is 29.4 Å². The Kier molecular flexibility index (Phi) is 13.7. The zero-order valence-electron chi connectivity index (χ0n) is 35.5. The van der Waals surface area contributed by atoms with Crippen LogP contribution in [-0.4, -0.2) is 82.2 Å². The number of aliphatic carboxylic acids is 2. The number of alkyl halides is 6. The standard InChI is InChI=1S/C48H42F6N2O10S/c49-47(50,51)43-37(15-9-27(11-17-39(57)55-21-3-1-5-33(55)45(59)60)41(43)31-7-13-35-29(25-31)19-23-63-65-35)67-38-16-10-28(12-18-40(58)56-22-4-2-6-34(56)46(61)62)42(44(38)48(52,53)54)32-8-14-36-30(26-32)20-24-64-66-36/h7-18,25-26,33-34H,1-6,19-24H2,(H,59,60)(H,61,62)/b17-11+,18-12+. The van der Waals surface area contributed by atoms with E-state index in [4.69, 9.17) is 19.6 Å². The topological polar surface area (TPSA) is 152 Å². The first-order valence-corrected chi connectivity index (χ1v) is 22.3. The molecule has 8 rings (SSSR count). The second kappa shape index (κ2) is 19.5. The van der Waals surface area contributed by atoms with Crippen molar-refractivity contribution >= 4 is 47.7 Å². The lowest BCUT2D eigenvalue weighted by Gasteiger charge is -2.32. The Bertz CT molecular complexity index is 2490. The van der Waals surface area contributed by atoms with E-state index in [1.165, 1.54) is 48.5 Å². The number of carboxylic acids is 2. The molecule has 4 heterocycles. The third-order valence-electron chi connectivity index (χ3n) is 12.0. The number of fused-ring (bicyclic) bond motifs is 2. The fraction of sp³-hybridized carbons (Fsp3) is 0.333. The van der Waals surface area contributed by atoms with Gasteiger partial charge in [-0.3, -0.25) is 9.59 Å². The van der Waals surface area contributed by atoms with Crippen molar-refractivity contribution in [2.75, 3.05) is 26.3 Å². The molecule has 0 spiro atoms. The van der Waals surface area contributed by atoms with Gasteiger partial charge in [0, 0.05) is 70.1 Å². The van der Waals surface area contributed by atoms with Crippen LogP contribution in [0, 0.1) is 0 Å². The molecule has 67 heavy (non-hydrogen) atoms. The van der Waals surface area contributed by atoms with Crippen molar-refractivity contribution in [1.29, 1.82) is 0 Å². The highest BCUT2D eigenvalue weighted by molar-refractivity contribution is 7.99. The molecule has 0 bridgehead atoms. The van der Waals surface area contributed by atoms with Crippen LogP contribution in [0.15, 0.2) is 82.6 Å². The fourth-order valence-corrected chi connectivity index (χ4v) is 10.1. The molecule has 4 aromatic carbocycles. The Morgan fingerprint density at radius 3 is 1.40 bits per heavy atom. The van der Waals surface area contributed by atoms with Gasteiger partial charge in [-0.2, -0.15) is 36.1 Å². The molecule has 2 fully saturated rings. The van der Waals surface area contributed by atoms with Crippen molar-refractivity contribution in [2.45, 2.75) is 85.6 Å². The number of piperidine rings is 2. The summed E-state index contributed by atoms with van der Waals surface area (Å²) in [6, 6.07) is 10.7. The van der Waals surface area contributed by atoms with E-state index in [1.54, 1.807) is 0 Å². The SMILES string of the molecule is O=C(O)C1CCCCN1C(=O)/C=C/c1ccc(Sc2ccc(/C=C/C(=O)N3CCCCC3C(=O)O)c(-c3ccc4c(c3)CCOO4)c2C(F)(F)F)c(C(F)(F)F)c1-c1ccc2c(c1)CCOO2. The molecular weight excluding hydrogens is 911 g/mol. The van der Waals surface area contributed by atoms with Crippen LogP contribution < -0.4 is 9.78 Å². The van der Waals surface area contributed by atoms with E-state index >= 15 is 26.3 Å². The van der Waals surface area contributed by atoms with Crippen LogP contribution >= 0.6 is 11.8 Å². The first-order chi connectivity index (χ1) is 32.0. The minimum absolute atomic E-state index is 0.00787. The number of carboxylic acid groups (broad SMARTS) is 2. The summed E-state index contributed by atoms with van der Waals surface area (Å²) in [5.74, 6) is -3.41. The van der Waals surface area contributed by atoms with Gasteiger partial charge >= 0.3 is 24.3 Å². The minimum atomic E-state index is -5.20. The Morgan fingerprint density at radius 1 is 0.597 bits per heavy atom. The lowest BCUT2D eigenvalue weighted by atomic mass is 9.91. The number of hydrogen-bond donors (Lipinski definition) is 2. The maximum atomic E-state index is 15.8. The molecule has 12 nitrogen and oxygen atoms in total. The van der Waals surface area contributed by atoms with Crippen molar-refractivity contribution in [1.82, 2.24) is 9.80 Å². The smallest absolute Gasteiger partial charge is 0.418 e. The summed E-state index contributed by atoms with van der Waals surface area (Å²) in [5.41, 5.74) is -2.75. The van der Waals surface area contributed by atoms with Gasteiger partial charge in [0.05, 0.1) is 24.3 Å². The van der Waals surface area contributed by atoms with E-state index in [0.29, 0.717) is 36.8 Å². The number of likely N-dealkylation sites (tertiary alicyclic amines) is 2. The van der Waals surface area contributed by atoms with E-state index in [2.05, 4.69) is 0 Å². The lowest BCUT2D eigenvalue weighted by Crippen LogP contribution is -2.47. The average Bonchev–Trinajstić information content (AvgIpc) is 3.31. The van der Waals surface area contributed by atoms with E-state index in [1.807, 2.05) is 0 Å². The molecule has 4 aliphatic heterocycles. The maximum absolute atomic E-state index is 15.8. The van der Waals surface area contributed by atoms with Gasteiger partial charge in [0.15, 0.2) is 11.5 Å². The number of halogens is 6. The number of rotatable bonds is 10. The van der Waals surface area contributed by atoms with Crippen molar-refractivity contribution < 1.29 is 75.3 Å². The molecule has 2 saturated heterocycles. The first-order valence-electron chi connectivity index (χ1n) is 21.4. The molecule has 0 aliphatic carbocycles. The van der Waals surface area contributed by atoms with Crippen LogP contribution in [0.1, 0.15) is 71.9 Å². The highest BCUT2D eigenvalue weighted by atomic mass is 32.2. The average molecular weight is 953 g/mol. The summed E-state index contributed by atoms with van der Waals surface area (Å²) >= 11 is 0.230. The van der Waals surface area contributed by atoms with E-state index in [-0.39, 0.29) is 97.5 Å². The van der Waals surface area contributed by atoms with Gasteiger partial charge in [-0.05, 0) is 109 Å². The second-order valence-corrected chi connectivity index (χ2v) is 17.4. The van der Waals surface area contributed by atoms with Crippen LogP contribution in [-0.2, 0) is 54.1 Å². The van der Waals surface area contributed by atoms with Crippen molar-refractivity contribution in [2.24, 2.45) is 0 Å². The zero-order valence-corrected chi connectivity index (χ0v) is 36.3. The van der Waals surface area contributed by atoms with Crippen LogP contribution in [0.25, 0.3) is 34.4 Å². The van der Waals surface area contributed by atoms with Crippen molar-refractivity contribution in [3.05, 3.63) is 106 Å². The molecule has 4 aromatic rings. The number of amides is 2. The molecule has 2 N–H and O–H groups in total. The highest BCUT2D eigenvalue weighted by Crippen LogP contribution is 2.52. The Labute approximate surface area is 383 Å². The number of carbonyl (C=O) groups excluding carboxylic acids is 2. The summed E-state index contributed by atoms with van der Waals surface area (Å²) in [6.07, 6.45) is -3.01. The number of hydrogen-bond acceptors (Lipinski definition) is 9. The zero-order chi connectivity index (χ0) is 47.6. The van der Waals surface area contributed by atoms with Crippen molar-refractivity contribution in [3.8, 4) is 33.8 Å². The van der Waals surface area contributed by atoms with E-state index < -0.39 is 80.2 Å². The fourth-order valence-electron chi connectivity index (χ4n) is 8.91. The van der Waals surface area contributed by atoms with Gasteiger partial charge in [-0.1, -0.05) is 36.0 Å². The summed E-state index contributed by atoms with van der Waals surface area (Å²) < 4.78 is 94.8. The molecule has 19 heteroatoms. The maximum Gasteiger partial charge on any atom is 0.418 e. The summed E-state index contributed by atoms with van der Waals surface area (Å²) in [6.45, 7) is 0.423. The van der Waals surface area contributed by atoms with E-state index in [0.717, 1.165) is 46.2 Å². The molecule has 0 radical (unpaired) electrons. The molecule has 2 unspecified atom stereocenters. The number of carbonyl (C=O) groups is 4. The molecular formula is C48H42F6N2O10S. The number of nitrogens with zero attached hydrogens (tertiary/aromatic N) is 2. The largest absolute Gasteiger partial charge is 0.480 e.